The molecule has 0 saturated carbocycles. The van der Waals surface area contributed by atoms with Gasteiger partial charge in [0.05, 0.1) is 16.9 Å². The molecule has 1 N–H and O–H groups in total. The predicted octanol–water partition coefficient (Wildman–Crippen LogP) is 5.94. The zero-order valence-corrected chi connectivity index (χ0v) is 17.9. The summed E-state index contributed by atoms with van der Waals surface area (Å²) in [4.78, 5) is 13.0. The highest BCUT2D eigenvalue weighted by Gasteiger charge is 2.38. The van der Waals surface area contributed by atoms with Gasteiger partial charge in [-0.1, -0.05) is 35.5 Å². The van der Waals surface area contributed by atoms with Crippen LogP contribution in [0.5, 0.6) is 5.75 Å². The summed E-state index contributed by atoms with van der Waals surface area (Å²) in [5, 5.41) is 9.30. The predicted molar refractivity (Wildman–Crippen MR) is 122 cm³/mol. The largest absolute Gasteiger partial charge is 0.494 e. The molecule has 0 radical (unpaired) electrons. The quantitative estimate of drug-likeness (QED) is 0.212. The SMILES string of the molecule is CC1(C)C(=O)Nc2ccc(OCCCC=NOSc3ccc4ccccc4c3)cc21. The van der Waals surface area contributed by atoms with Crippen LogP contribution < -0.4 is 10.1 Å². The van der Waals surface area contributed by atoms with Crippen molar-refractivity contribution in [2.24, 2.45) is 5.16 Å². The molecule has 1 aliphatic heterocycles. The fourth-order valence-electron chi connectivity index (χ4n) is 3.37. The van der Waals surface area contributed by atoms with Gasteiger partial charge in [-0.25, -0.2) is 0 Å². The molecule has 154 valence electrons. The van der Waals surface area contributed by atoms with Gasteiger partial charge in [0.15, 0.2) is 0 Å². The molecular weight excluding hydrogens is 396 g/mol. The third-order valence-electron chi connectivity index (χ3n) is 5.20. The maximum absolute atomic E-state index is 12.0. The summed E-state index contributed by atoms with van der Waals surface area (Å²) in [6.07, 6.45) is 3.34. The van der Waals surface area contributed by atoms with Crippen molar-refractivity contribution in [1.29, 1.82) is 0 Å². The van der Waals surface area contributed by atoms with Crippen LogP contribution >= 0.6 is 12.0 Å². The highest BCUT2D eigenvalue weighted by Crippen LogP contribution is 2.39. The lowest BCUT2D eigenvalue weighted by atomic mass is 9.86. The van der Waals surface area contributed by atoms with Crippen LogP contribution in [-0.4, -0.2) is 18.7 Å². The second-order valence-corrected chi connectivity index (χ2v) is 8.52. The number of benzene rings is 3. The van der Waals surface area contributed by atoms with Crippen molar-refractivity contribution in [2.75, 3.05) is 11.9 Å². The third kappa shape index (κ3) is 4.44. The Morgan fingerprint density at radius 2 is 1.90 bits per heavy atom. The number of nitrogens with zero attached hydrogens (tertiary/aromatic N) is 1. The summed E-state index contributed by atoms with van der Waals surface area (Å²) < 4.78 is 11.2. The van der Waals surface area contributed by atoms with Crippen molar-refractivity contribution in [3.63, 3.8) is 0 Å². The van der Waals surface area contributed by atoms with Crippen LogP contribution in [0.15, 0.2) is 70.7 Å². The Labute approximate surface area is 180 Å². The number of amides is 1. The molecule has 5 nitrogen and oxygen atoms in total. The number of anilines is 1. The lowest BCUT2D eigenvalue weighted by molar-refractivity contribution is -0.119. The number of rotatable bonds is 8. The number of fused-ring (bicyclic) bond motifs is 2. The molecule has 0 saturated heterocycles. The Morgan fingerprint density at radius 1 is 1.07 bits per heavy atom. The smallest absolute Gasteiger partial charge is 0.234 e. The number of carbonyl (C=O) groups is 1. The lowest BCUT2D eigenvalue weighted by Crippen LogP contribution is -2.26. The van der Waals surface area contributed by atoms with Gasteiger partial charge < -0.3 is 14.3 Å². The molecule has 4 rings (SSSR count). The van der Waals surface area contributed by atoms with E-state index in [-0.39, 0.29) is 5.91 Å². The second-order valence-electron chi connectivity index (χ2n) is 7.73. The minimum absolute atomic E-state index is 0.0208. The van der Waals surface area contributed by atoms with Gasteiger partial charge in [-0.2, -0.15) is 0 Å². The number of oxime groups is 1. The van der Waals surface area contributed by atoms with Crippen LogP contribution in [0.1, 0.15) is 32.3 Å². The van der Waals surface area contributed by atoms with Crippen molar-refractivity contribution in [3.8, 4) is 5.75 Å². The number of nitrogens with one attached hydrogen (secondary N) is 1. The normalized spacial score (nSPS) is 14.7. The molecule has 0 atom stereocenters. The fraction of sp³-hybridized carbons (Fsp3) is 0.250. The number of carbonyl (C=O) groups excluding carboxylic acids is 1. The van der Waals surface area contributed by atoms with Gasteiger partial charge in [0.1, 0.15) is 17.8 Å². The van der Waals surface area contributed by atoms with E-state index in [0.29, 0.717) is 6.61 Å². The van der Waals surface area contributed by atoms with Crippen molar-refractivity contribution in [1.82, 2.24) is 0 Å². The van der Waals surface area contributed by atoms with Gasteiger partial charge >= 0.3 is 0 Å². The Kier molecular flexibility index (Phi) is 5.95. The van der Waals surface area contributed by atoms with E-state index in [2.05, 4.69) is 34.7 Å². The topological polar surface area (TPSA) is 59.9 Å². The Hall–Kier alpha value is -2.99. The lowest BCUT2D eigenvalue weighted by Gasteiger charge is -2.16. The first-order valence-electron chi connectivity index (χ1n) is 9.97. The van der Waals surface area contributed by atoms with Gasteiger partial charge in [-0.3, -0.25) is 4.79 Å². The molecule has 6 heteroatoms. The summed E-state index contributed by atoms with van der Waals surface area (Å²) in [6.45, 7) is 4.42. The zero-order valence-electron chi connectivity index (χ0n) is 17.1. The molecule has 0 unspecified atom stereocenters. The van der Waals surface area contributed by atoms with Crippen LogP contribution in [0.3, 0.4) is 0 Å². The van der Waals surface area contributed by atoms with Crippen molar-refractivity contribution in [3.05, 3.63) is 66.2 Å². The fourth-order valence-corrected chi connectivity index (χ4v) is 3.86. The van der Waals surface area contributed by atoms with E-state index in [1.165, 1.54) is 22.8 Å². The first-order chi connectivity index (χ1) is 14.5. The van der Waals surface area contributed by atoms with E-state index in [0.717, 1.165) is 34.7 Å². The van der Waals surface area contributed by atoms with E-state index < -0.39 is 5.41 Å². The summed E-state index contributed by atoms with van der Waals surface area (Å²) in [6, 6.07) is 20.2. The standard InChI is InChI=1S/C24H24N2O3S/c1-24(2)21-16-19(10-12-22(21)26-23(24)27)28-14-6-5-13-25-29-30-20-11-9-17-7-3-4-8-18(17)15-20/h3-4,7-13,15-16H,5-6,14H2,1-2H3,(H,26,27). The summed E-state index contributed by atoms with van der Waals surface area (Å²) in [5.41, 5.74) is 1.32. The molecule has 0 aromatic heterocycles. The molecular formula is C24H24N2O3S. The Bertz CT molecular complexity index is 1090. The Balaban J connectivity index is 1.18. The van der Waals surface area contributed by atoms with E-state index in [9.17, 15) is 4.79 Å². The third-order valence-corrected chi connectivity index (χ3v) is 5.81. The maximum Gasteiger partial charge on any atom is 0.234 e. The van der Waals surface area contributed by atoms with Gasteiger partial charge in [0, 0.05) is 11.9 Å². The summed E-state index contributed by atoms with van der Waals surface area (Å²) >= 11 is 1.24. The van der Waals surface area contributed by atoms with E-state index in [1.807, 2.05) is 50.2 Å². The molecule has 0 spiro atoms. The number of ether oxygens (including phenoxy) is 1. The van der Waals surface area contributed by atoms with Gasteiger partial charge in [0.25, 0.3) is 0 Å². The van der Waals surface area contributed by atoms with Crippen molar-refractivity contribution >= 4 is 40.6 Å². The molecule has 30 heavy (non-hydrogen) atoms. The molecule has 3 aromatic rings. The zero-order chi connectivity index (χ0) is 21.0. The number of hydrogen-bond donors (Lipinski definition) is 1. The monoisotopic (exact) mass is 420 g/mol. The summed E-state index contributed by atoms with van der Waals surface area (Å²) in [5.74, 6) is 0.797. The molecule has 1 heterocycles. The average Bonchev–Trinajstić information content (AvgIpc) is 2.98. The van der Waals surface area contributed by atoms with Crippen molar-refractivity contribution in [2.45, 2.75) is 37.0 Å². The number of unbranched alkanes of at least 4 members (excludes halogenated alkanes) is 1. The maximum atomic E-state index is 12.0. The van der Waals surface area contributed by atoms with Gasteiger partial charge in [0.2, 0.25) is 5.91 Å². The van der Waals surface area contributed by atoms with Crippen LogP contribution in [0.4, 0.5) is 5.69 Å². The summed E-state index contributed by atoms with van der Waals surface area (Å²) in [7, 11) is 0. The first-order valence-corrected chi connectivity index (χ1v) is 10.7. The second kappa shape index (κ2) is 8.79. The van der Waals surface area contributed by atoms with Gasteiger partial charge in [-0.15, -0.1) is 0 Å². The van der Waals surface area contributed by atoms with Gasteiger partial charge in [-0.05, 0) is 73.4 Å². The molecule has 1 amide bonds. The van der Waals surface area contributed by atoms with Crippen molar-refractivity contribution < 1.29 is 13.8 Å². The van der Waals surface area contributed by atoms with Crippen LogP contribution in [-0.2, 0) is 14.5 Å². The average molecular weight is 421 g/mol. The van der Waals surface area contributed by atoms with E-state index in [4.69, 9.17) is 9.02 Å². The van der Waals surface area contributed by atoms with Crippen LogP contribution in [0.2, 0.25) is 0 Å². The van der Waals surface area contributed by atoms with E-state index >= 15 is 0 Å². The number of hydrogen-bond acceptors (Lipinski definition) is 5. The highest BCUT2D eigenvalue weighted by molar-refractivity contribution is 7.94. The van der Waals surface area contributed by atoms with Crippen LogP contribution in [0, 0.1) is 0 Å². The molecule has 0 aliphatic carbocycles. The first kappa shape index (κ1) is 20.3. The van der Waals surface area contributed by atoms with Crippen LogP contribution in [0.25, 0.3) is 10.8 Å². The molecule has 1 aliphatic rings. The van der Waals surface area contributed by atoms with E-state index in [1.54, 1.807) is 6.21 Å². The molecule has 0 fully saturated rings. The minimum Gasteiger partial charge on any atom is -0.494 e. The molecule has 3 aromatic carbocycles. The molecule has 0 bridgehead atoms. The minimum atomic E-state index is -0.526. The highest BCUT2D eigenvalue weighted by atomic mass is 32.2. The Morgan fingerprint density at radius 3 is 2.77 bits per heavy atom.